The summed E-state index contributed by atoms with van der Waals surface area (Å²) in [5.74, 6) is 0.971. The van der Waals surface area contributed by atoms with E-state index < -0.39 is 0 Å². The second-order valence-corrected chi connectivity index (χ2v) is 7.02. The number of imidazole rings is 1. The summed E-state index contributed by atoms with van der Waals surface area (Å²) in [5.41, 5.74) is 2.19. The van der Waals surface area contributed by atoms with Crippen LogP contribution >= 0.6 is 0 Å². The molecule has 0 atom stereocenters. The Morgan fingerprint density at radius 3 is 2.67 bits per heavy atom. The smallest absolute Gasteiger partial charge is 0.297 e. The van der Waals surface area contributed by atoms with E-state index in [9.17, 15) is 0 Å². The predicted octanol–water partition coefficient (Wildman–Crippen LogP) is 4.34. The number of unbranched alkanes of at least 4 members (excludes halogenated alkanes) is 1. The third kappa shape index (κ3) is 4.10. The third-order valence-corrected chi connectivity index (χ3v) is 5.33. The van der Waals surface area contributed by atoms with Crippen molar-refractivity contribution in [2.24, 2.45) is 5.92 Å². The number of benzene rings is 1. The van der Waals surface area contributed by atoms with Gasteiger partial charge in [0.05, 0.1) is 18.1 Å². The molecule has 1 aromatic carbocycles. The SMILES string of the molecule is CCCCC1CCN(CCCn2c(OC)nc3ccccc32)CC1. The van der Waals surface area contributed by atoms with Gasteiger partial charge in [-0.05, 0) is 56.9 Å². The summed E-state index contributed by atoms with van der Waals surface area (Å²) in [6, 6.07) is 9.01. The van der Waals surface area contributed by atoms with E-state index in [1.165, 1.54) is 57.3 Å². The highest BCUT2D eigenvalue weighted by Gasteiger charge is 2.18. The number of piperidine rings is 1. The molecule has 2 heterocycles. The van der Waals surface area contributed by atoms with Crippen molar-refractivity contribution in [2.75, 3.05) is 26.7 Å². The molecule has 1 saturated heterocycles. The van der Waals surface area contributed by atoms with E-state index in [1.54, 1.807) is 7.11 Å². The minimum atomic E-state index is 0.731. The van der Waals surface area contributed by atoms with Crippen LogP contribution in [0.15, 0.2) is 24.3 Å². The molecule has 1 aromatic heterocycles. The molecule has 4 heteroatoms. The first kappa shape index (κ1) is 17.3. The van der Waals surface area contributed by atoms with Gasteiger partial charge in [0.2, 0.25) is 0 Å². The topological polar surface area (TPSA) is 30.3 Å². The van der Waals surface area contributed by atoms with Crippen LogP contribution in [-0.2, 0) is 6.54 Å². The van der Waals surface area contributed by atoms with Crippen LogP contribution in [0, 0.1) is 5.92 Å². The molecule has 1 aliphatic heterocycles. The monoisotopic (exact) mass is 329 g/mol. The fourth-order valence-electron chi connectivity index (χ4n) is 3.87. The number of rotatable bonds is 8. The number of hydrogen-bond acceptors (Lipinski definition) is 3. The minimum Gasteiger partial charge on any atom is -0.468 e. The Balaban J connectivity index is 1.49. The second-order valence-electron chi connectivity index (χ2n) is 7.02. The summed E-state index contributed by atoms with van der Waals surface area (Å²) in [6.07, 6.45) is 8.09. The highest BCUT2D eigenvalue weighted by Crippen LogP contribution is 2.24. The molecule has 0 radical (unpaired) electrons. The molecule has 0 saturated carbocycles. The average Bonchev–Trinajstić information content (AvgIpc) is 2.99. The Labute approximate surface area is 145 Å². The number of aromatic nitrogens is 2. The molecule has 2 aromatic rings. The highest BCUT2D eigenvalue weighted by atomic mass is 16.5. The van der Waals surface area contributed by atoms with Gasteiger partial charge in [-0.3, -0.25) is 4.57 Å². The summed E-state index contributed by atoms with van der Waals surface area (Å²) in [5, 5.41) is 0. The molecule has 0 bridgehead atoms. The number of para-hydroxylation sites is 2. The molecule has 0 unspecified atom stereocenters. The van der Waals surface area contributed by atoms with Gasteiger partial charge >= 0.3 is 0 Å². The van der Waals surface area contributed by atoms with Crippen LogP contribution in [0.25, 0.3) is 11.0 Å². The van der Waals surface area contributed by atoms with Gasteiger partial charge in [-0.1, -0.05) is 38.3 Å². The van der Waals surface area contributed by atoms with Gasteiger partial charge in [0, 0.05) is 6.54 Å². The number of nitrogens with zero attached hydrogens (tertiary/aromatic N) is 3. The summed E-state index contributed by atoms with van der Waals surface area (Å²) >= 11 is 0. The normalized spacial score (nSPS) is 16.8. The second kappa shape index (κ2) is 8.52. The van der Waals surface area contributed by atoms with Crippen LogP contribution < -0.4 is 4.74 Å². The Bertz CT molecular complexity index is 629. The molecule has 0 N–H and O–H groups in total. The van der Waals surface area contributed by atoms with E-state index in [2.05, 4.69) is 39.6 Å². The van der Waals surface area contributed by atoms with Gasteiger partial charge in [-0.15, -0.1) is 0 Å². The number of fused-ring (bicyclic) bond motifs is 1. The van der Waals surface area contributed by atoms with Crippen molar-refractivity contribution < 1.29 is 4.74 Å². The molecule has 0 aliphatic carbocycles. The molecule has 132 valence electrons. The van der Waals surface area contributed by atoms with Crippen molar-refractivity contribution in [3.63, 3.8) is 0 Å². The van der Waals surface area contributed by atoms with Crippen LogP contribution in [-0.4, -0.2) is 41.2 Å². The van der Waals surface area contributed by atoms with Crippen molar-refractivity contribution >= 4 is 11.0 Å². The zero-order valence-corrected chi connectivity index (χ0v) is 15.2. The first-order valence-electron chi connectivity index (χ1n) is 9.53. The summed E-state index contributed by atoms with van der Waals surface area (Å²) in [6.45, 7) is 6.99. The zero-order chi connectivity index (χ0) is 16.8. The molecule has 0 spiro atoms. The van der Waals surface area contributed by atoms with Gasteiger partial charge in [0.1, 0.15) is 0 Å². The molecule has 1 fully saturated rings. The lowest BCUT2D eigenvalue weighted by molar-refractivity contribution is 0.173. The Kier molecular flexibility index (Phi) is 6.13. The van der Waals surface area contributed by atoms with Crippen molar-refractivity contribution in [2.45, 2.75) is 52.0 Å². The maximum absolute atomic E-state index is 5.46. The molecule has 4 nitrogen and oxygen atoms in total. The minimum absolute atomic E-state index is 0.731. The number of ether oxygens (including phenoxy) is 1. The molecule has 24 heavy (non-hydrogen) atoms. The van der Waals surface area contributed by atoms with Crippen LogP contribution in [0.3, 0.4) is 0 Å². The van der Waals surface area contributed by atoms with Gasteiger partial charge in [-0.25, -0.2) is 0 Å². The van der Waals surface area contributed by atoms with Gasteiger partial charge < -0.3 is 9.64 Å². The quantitative estimate of drug-likeness (QED) is 0.722. The zero-order valence-electron chi connectivity index (χ0n) is 15.2. The Morgan fingerprint density at radius 2 is 1.92 bits per heavy atom. The van der Waals surface area contributed by atoms with E-state index in [1.807, 2.05) is 6.07 Å². The molecule has 3 rings (SSSR count). The Hall–Kier alpha value is -1.55. The van der Waals surface area contributed by atoms with Gasteiger partial charge in [-0.2, -0.15) is 4.98 Å². The van der Waals surface area contributed by atoms with Crippen molar-refractivity contribution in [1.29, 1.82) is 0 Å². The first-order valence-corrected chi connectivity index (χ1v) is 9.53. The highest BCUT2D eigenvalue weighted by molar-refractivity contribution is 5.76. The van der Waals surface area contributed by atoms with E-state index in [0.717, 1.165) is 30.4 Å². The predicted molar refractivity (Wildman–Crippen MR) is 99.6 cm³/mol. The number of likely N-dealkylation sites (tertiary alicyclic amines) is 1. The molecular weight excluding hydrogens is 298 g/mol. The van der Waals surface area contributed by atoms with E-state index in [4.69, 9.17) is 4.74 Å². The summed E-state index contributed by atoms with van der Waals surface area (Å²) < 4.78 is 7.67. The van der Waals surface area contributed by atoms with E-state index >= 15 is 0 Å². The average molecular weight is 329 g/mol. The number of hydrogen-bond donors (Lipinski definition) is 0. The maximum Gasteiger partial charge on any atom is 0.297 e. The van der Waals surface area contributed by atoms with Crippen molar-refractivity contribution in [3.8, 4) is 6.01 Å². The standard InChI is InChI=1S/C20H31N3O/c1-3-4-8-17-11-15-22(16-12-17)13-7-14-23-19-10-6-5-9-18(19)21-20(23)24-2/h5-6,9-10,17H,3-4,7-8,11-16H2,1-2H3. The fourth-order valence-corrected chi connectivity index (χ4v) is 3.87. The maximum atomic E-state index is 5.46. The third-order valence-electron chi connectivity index (χ3n) is 5.33. The lowest BCUT2D eigenvalue weighted by Crippen LogP contribution is -2.34. The Morgan fingerprint density at radius 1 is 1.12 bits per heavy atom. The van der Waals surface area contributed by atoms with Gasteiger partial charge in [0.25, 0.3) is 6.01 Å². The summed E-state index contributed by atoms with van der Waals surface area (Å²) in [4.78, 5) is 7.20. The molecular formula is C20H31N3O. The molecule has 0 amide bonds. The number of aryl methyl sites for hydroxylation is 1. The van der Waals surface area contributed by atoms with E-state index in [-0.39, 0.29) is 0 Å². The fraction of sp³-hybridized carbons (Fsp3) is 0.650. The first-order chi connectivity index (χ1) is 11.8. The van der Waals surface area contributed by atoms with Crippen LogP contribution in [0.1, 0.15) is 45.4 Å². The van der Waals surface area contributed by atoms with Crippen molar-refractivity contribution in [1.82, 2.24) is 14.5 Å². The summed E-state index contributed by atoms with van der Waals surface area (Å²) in [7, 11) is 1.71. The lowest BCUT2D eigenvalue weighted by Gasteiger charge is -2.32. The number of methoxy groups -OCH3 is 1. The van der Waals surface area contributed by atoms with Crippen molar-refractivity contribution in [3.05, 3.63) is 24.3 Å². The van der Waals surface area contributed by atoms with Crippen LogP contribution in [0.2, 0.25) is 0 Å². The molecule has 1 aliphatic rings. The van der Waals surface area contributed by atoms with Gasteiger partial charge in [0.15, 0.2) is 0 Å². The largest absolute Gasteiger partial charge is 0.468 e. The van der Waals surface area contributed by atoms with E-state index in [0.29, 0.717) is 0 Å². The lowest BCUT2D eigenvalue weighted by atomic mass is 9.91. The van der Waals surface area contributed by atoms with Crippen LogP contribution in [0.5, 0.6) is 6.01 Å². The van der Waals surface area contributed by atoms with Crippen LogP contribution in [0.4, 0.5) is 0 Å².